The van der Waals surface area contributed by atoms with Gasteiger partial charge in [0.25, 0.3) is 0 Å². The minimum atomic E-state index is -0.124. The average Bonchev–Trinajstić information content (AvgIpc) is 2.35. The lowest BCUT2D eigenvalue weighted by molar-refractivity contribution is 0.229. The number of halogens is 1. The summed E-state index contributed by atoms with van der Waals surface area (Å²) in [4.78, 5) is 2.45. The number of hydrogen-bond acceptors (Lipinski definition) is 2. The van der Waals surface area contributed by atoms with Crippen molar-refractivity contribution in [2.24, 2.45) is 0 Å². The summed E-state index contributed by atoms with van der Waals surface area (Å²) in [5, 5.41) is 3.43. The number of rotatable bonds is 3. The van der Waals surface area contributed by atoms with Gasteiger partial charge in [0, 0.05) is 24.8 Å². The number of nitrogens with zero attached hydrogens (tertiary/aromatic N) is 1. The molecule has 1 aromatic carbocycles. The number of hydrogen-bond donors (Lipinski definition) is 1. The van der Waals surface area contributed by atoms with Gasteiger partial charge in [-0.2, -0.15) is 0 Å². The van der Waals surface area contributed by atoms with Crippen LogP contribution < -0.4 is 5.32 Å². The predicted octanol–water partition coefficient (Wildman–Crippen LogP) is 3.03. The van der Waals surface area contributed by atoms with Crippen molar-refractivity contribution in [3.63, 3.8) is 0 Å². The fourth-order valence-electron chi connectivity index (χ4n) is 2.31. The minimum Gasteiger partial charge on any atom is -0.382 e. The fourth-order valence-corrected chi connectivity index (χ4v) is 2.31. The first-order chi connectivity index (χ1) is 8.19. The van der Waals surface area contributed by atoms with Crippen LogP contribution in [0.25, 0.3) is 0 Å². The van der Waals surface area contributed by atoms with Crippen LogP contribution in [0.15, 0.2) is 18.2 Å². The molecule has 0 atom stereocenters. The molecule has 1 N–H and O–H groups in total. The number of likely N-dealkylation sites (tertiary alicyclic amines) is 1. The fraction of sp³-hybridized carbons (Fsp3) is 0.571. The number of anilines is 1. The molecule has 0 aromatic heterocycles. The van der Waals surface area contributed by atoms with Gasteiger partial charge in [0.05, 0.1) is 0 Å². The Balaban J connectivity index is 1.91. The van der Waals surface area contributed by atoms with Gasteiger partial charge >= 0.3 is 0 Å². The van der Waals surface area contributed by atoms with Gasteiger partial charge in [0.1, 0.15) is 5.82 Å². The van der Waals surface area contributed by atoms with Crippen molar-refractivity contribution in [1.29, 1.82) is 0 Å². The second-order valence-corrected chi connectivity index (χ2v) is 4.82. The summed E-state index contributed by atoms with van der Waals surface area (Å²) in [5.74, 6) is -0.124. The highest BCUT2D eigenvalue weighted by atomic mass is 19.1. The van der Waals surface area contributed by atoms with Crippen molar-refractivity contribution in [3.8, 4) is 0 Å². The highest BCUT2D eigenvalue weighted by Crippen LogP contribution is 2.18. The molecule has 17 heavy (non-hydrogen) atoms. The van der Waals surface area contributed by atoms with E-state index >= 15 is 0 Å². The van der Waals surface area contributed by atoms with E-state index in [-0.39, 0.29) is 5.82 Å². The summed E-state index contributed by atoms with van der Waals surface area (Å²) in [6, 6.07) is 5.88. The Bertz CT molecular complexity index is 370. The molecule has 94 valence electrons. The van der Waals surface area contributed by atoms with Gasteiger partial charge < -0.3 is 10.2 Å². The number of nitrogens with one attached hydrogen (secondary N) is 1. The lowest BCUT2D eigenvalue weighted by Gasteiger charge is -2.32. The maximum atomic E-state index is 13.4. The molecule has 0 aliphatic carbocycles. The monoisotopic (exact) mass is 236 g/mol. The third-order valence-corrected chi connectivity index (χ3v) is 3.58. The molecule has 0 spiro atoms. The van der Waals surface area contributed by atoms with Gasteiger partial charge in [-0.25, -0.2) is 4.39 Å². The minimum absolute atomic E-state index is 0.124. The van der Waals surface area contributed by atoms with Crippen LogP contribution in [0.1, 0.15) is 25.3 Å². The van der Waals surface area contributed by atoms with E-state index in [0.29, 0.717) is 11.6 Å². The van der Waals surface area contributed by atoms with Crippen LogP contribution >= 0.6 is 0 Å². The molecule has 1 heterocycles. The Hall–Kier alpha value is -1.09. The van der Waals surface area contributed by atoms with Gasteiger partial charge in [0.2, 0.25) is 0 Å². The molecule has 0 amide bonds. The van der Waals surface area contributed by atoms with Gasteiger partial charge in [-0.15, -0.1) is 0 Å². The lowest BCUT2D eigenvalue weighted by atomic mass is 10.0. The molecule has 0 unspecified atom stereocenters. The highest BCUT2D eigenvalue weighted by Gasteiger charge is 2.17. The molecule has 1 aromatic rings. The van der Waals surface area contributed by atoms with E-state index in [2.05, 4.69) is 17.1 Å². The van der Waals surface area contributed by atoms with E-state index < -0.39 is 0 Å². The standard InChI is InChI=1S/C14H21FN2/c1-3-17-8-6-12(7-9-17)16-13-5-4-11(2)14(15)10-13/h4-5,10,12,16H,3,6-9H2,1-2H3. The molecular weight excluding hydrogens is 215 g/mol. The Morgan fingerprint density at radius 2 is 2.06 bits per heavy atom. The first kappa shape index (κ1) is 12.4. The number of piperidine rings is 1. The molecular formula is C14H21FN2. The largest absolute Gasteiger partial charge is 0.382 e. The van der Waals surface area contributed by atoms with Crippen LogP contribution in [0.5, 0.6) is 0 Å². The van der Waals surface area contributed by atoms with Crippen LogP contribution in [0.3, 0.4) is 0 Å². The average molecular weight is 236 g/mol. The molecule has 0 radical (unpaired) electrons. The zero-order valence-electron chi connectivity index (χ0n) is 10.7. The van der Waals surface area contributed by atoms with E-state index in [0.717, 1.165) is 38.2 Å². The van der Waals surface area contributed by atoms with Gasteiger partial charge in [-0.1, -0.05) is 13.0 Å². The SMILES string of the molecule is CCN1CCC(Nc2ccc(C)c(F)c2)CC1. The normalized spacial score (nSPS) is 18.3. The molecule has 2 rings (SSSR count). The second-order valence-electron chi connectivity index (χ2n) is 4.82. The zero-order chi connectivity index (χ0) is 12.3. The van der Waals surface area contributed by atoms with Gasteiger partial charge in [0.15, 0.2) is 0 Å². The molecule has 0 saturated carbocycles. The second kappa shape index (κ2) is 5.50. The molecule has 1 saturated heterocycles. The molecule has 1 fully saturated rings. The molecule has 1 aliphatic rings. The van der Waals surface area contributed by atoms with E-state index in [1.807, 2.05) is 12.1 Å². The summed E-state index contributed by atoms with van der Waals surface area (Å²) >= 11 is 0. The van der Waals surface area contributed by atoms with E-state index in [1.165, 1.54) is 0 Å². The quantitative estimate of drug-likeness (QED) is 0.867. The van der Waals surface area contributed by atoms with Crippen molar-refractivity contribution < 1.29 is 4.39 Å². The molecule has 2 nitrogen and oxygen atoms in total. The zero-order valence-corrected chi connectivity index (χ0v) is 10.7. The van der Waals surface area contributed by atoms with Crippen molar-refractivity contribution in [2.75, 3.05) is 25.0 Å². The van der Waals surface area contributed by atoms with E-state index in [1.54, 1.807) is 13.0 Å². The van der Waals surface area contributed by atoms with E-state index in [9.17, 15) is 4.39 Å². The third kappa shape index (κ3) is 3.19. The molecule has 1 aliphatic heterocycles. The summed E-state index contributed by atoms with van der Waals surface area (Å²) in [7, 11) is 0. The third-order valence-electron chi connectivity index (χ3n) is 3.58. The Morgan fingerprint density at radius 1 is 1.35 bits per heavy atom. The van der Waals surface area contributed by atoms with Crippen molar-refractivity contribution >= 4 is 5.69 Å². The number of aryl methyl sites for hydroxylation is 1. The van der Waals surface area contributed by atoms with Crippen molar-refractivity contribution in [1.82, 2.24) is 4.90 Å². The highest BCUT2D eigenvalue weighted by molar-refractivity contribution is 5.46. The van der Waals surface area contributed by atoms with Gasteiger partial charge in [-0.3, -0.25) is 0 Å². The summed E-state index contributed by atoms with van der Waals surface area (Å²) in [5.41, 5.74) is 1.61. The Labute approximate surface area is 103 Å². The lowest BCUT2D eigenvalue weighted by Crippen LogP contribution is -2.38. The maximum absolute atomic E-state index is 13.4. The van der Waals surface area contributed by atoms with Crippen LogP contribution in [0.4, 0.5) is 10.1 Å². The molecule has 0 bridgehead atoms. The van der Waals surface area contributed by atoms with Crippen LogP contribution in [-0.2, 0) is 0 Å². The van der Waals surface area contributed by atoms with Crippen molar-refractivity contribution in [3.05, 3.63) is 29.6 Å². The van der Waals surface area contributed by atoms with Crippen LogP contribution in [0.2, 0.25) is 0 Å². The first-order valence-corrected chi connectivity index (χ1v) is 6.44. The Kier molecular flexibility index (Phi) is 4.00. The van der Waals surface area contributed by atoms with Crippen LogP contribution in [0, 0.1) is 12.7 Å². The number of benzene rings is 1. The van der Waals surface area contributed by atoms with Crippen LogP contribution in [-0.4, -0.2) is 30.6 Å². The smallest absolute Gasteiger partial charge is 0.128 e. The molecule has 3 heteroatoms. The van der Waals surface area contributed by atoms with E-state index in [4.69, 9.17) is 0 Å². The predicted molar refractivity (Wildman–Crippen MR) is 69.9 cm³/mol. The summed E-state index contributed by atoms with van der Waals surface area (Å²) in [6.45, 7) is 7.40. The Morgan fingerprint density at radius 3 is 2.65 bits per heavy atom. The summed E-state index contributed by atoms with van der Waals surface area (Å²) in [6.07, 6.45) is 2.28. The topological polar surface area (TPSA) is 15.3 Å². The van der Waals surface area contributed by atoms with Gasteiger partial charge in [-0.05, 0) is 44.0 Å². The first-order valence-electron chi connectivity index (χ1n) is 6.44. The summed E-state index contributed by atoms with van der Waals surface area (Å²) < 4.78 is 13.4. The van der Waals surface area contributed by atoms with Crippen molar-refractivity contribution in [2.45, 2.75) is 32.7 Å². The maximum Gasteiger partial charge on any atom is 0.128 e.